The lowest BCUT2D eigenvalue weighted by molar-refractivity contribution is 0.395. The summed E-state index contributed by atoms with van der Waals surface area (Å²) in [6.45, 7) is 2.03. The lowest BCUT2D eigenvalue weighted by Crippen LogP contribution is -2.36. The summed E-state index contributed by atoms with van der Waals surface area (Å²) < 4.78 is 40.0. The molecule has 0 bridgehead atoms. The Balaban J connectivity index is 2.42. The van der Waals surface area contributed by atoms with Gasteiger partial charge in [0.1, 0.15) is 0 Å². The minimum Gasteiger partial charge on any atom is -0.312 e. The van der Waals surface area contributed by atoms with E-state index in [4.69, 9.17) is 0 Å². The van der Waals surface area contributed by atoms with Crippen molar-refractivity contribution in [1.82, 2.24) is 5.32 Å². The first-order chi connectivity index (χ1) is 8.49. The molecule has 1 fully saturated rings. The van der Waals surface area contributed by atoms with E-state index in [0.29, 0.717) is 0 Å². The molecule has 18 heavy (non-hydrogen) atoms. The number of benzene rings is 1. The molecule has 2 atom stereocenters. The average Bonchev–Trinajstić information content (AvgIpc) is 2.78. The summed E-state index contributed by atoms with van der Waals surface area (Å²) in [5.74, 6) is -2.60. The minimum atomic E-state index is -1.39. The van der Waals surface area contributed by atoms with Gasteiger partial charge in [0.25, 0.3) is 0 Å². The number of hydrogen-bond donors (Lipinski definition) is 1. The normalized spacial score (nSPS) is 25.4. The number of halogens is 3. The van der Waals surface area contributed by atoms with Gasteiger partial charge in [0, 0.05) is 16.4 Å². The Morgan fingerprint density at radius 1 is 1.28 bits per heavy atom. The van der Waals surface area contributed by atoms with Gasteiger partial charge in [-0.25, -0.2) is 13.2 Å². The number of rotatable bonds is 3. The molecule has 0 aromatic heterocycles. The standard InChI is InChI=1S/C13H16F3NS/c1-13(6-3-7-18-13)12(17-2)8-4-5-9(14)11(16)10(8)15/h4-5,12,17H,3,6-7H2,1-2H3. The molecule has 1 aliphatic rings. The van der Waals surface area contributed by atoms with Crippen LogP contribution < -0.4 is 5.32 Å². The highest BCUT2D eigenvalue weighted by molar-refractivity contribution is 8.00. The SMILES string of the molecule is CNC(c1ccc(F)c(F)c1F)C1(C)CCCS1. The lowest BCUT2D eigenvalue weighted by atomic mass is 9.90. The molecule has 5 heteroatoms. The highest BCUT2D eigenvalue weighted by atomic mass is 32.2. The Morgan fingerprint density at radius 2 is 2.00 bits per heavy atom. The summed E-state index contributed by atoms with van der Waals surface area (Å²) in [7, 11) is 1.72. The third kappa shape index (κ3) is 2.26. The predicted octanol–water partition coefficient (Wildman–Crippen LogP) is 3.65. The summed E-state index contributed by atoms with van der Waals surface area (Å²) in [6, 6.07) is 2.00. The molecular formula is C13H16F3NS. The van der Waals surface area contributed by atoms with Gasteiger partial charge < -0.3 is 5.32 Å². The van der Waals surface area contributed by atoms with Crippen molar-refractivity contribution in [3.8, 4) is 0 Å². The van der Waals surface area contributed by atoms with Crippen LogP contribution in [0.5, 0.6) is 0 Å². The third-order valence-corrected chi connectivity index (χ3v) is 5.12. The minimum absolute atomic E-state index is 0.181. The summed E-state index contributed by atoms with van der Waals surface area (Å²) in [5.41, 5.74) is 0.202. The van der Waals surface area contributed by atoms with Crippen LogP contribution >= 0.6 is 11.8 Å². The van der Waals surface area contributed by atoms with Crippen molar-refractivity contribution >= 4 is 11.8 Å². The van der Waals surface area contributed by atoms with E-state index < -0.39 is 17.5 Å². The zero-order valence-corrected chi connectivity index (χ0v) is 11.2. The first-order valence-electron chi connectivity index (χ1n) is 5.94. The molecule has 1 nitrogen and oxygen atoms in total. The number of thioether (sulfide) groups is 1. The second-order valence-corrected chi connectivity index (χ2v) is 6.38. The van der Waals surface area contributed by atoms with Crippen molar-refractivity contribution in [3.63, 3.8) is 0 Å². The van der Waals surface area contributed by atoms with Crippen molar-refractivity contribution in [2.45, 2.75) is 30.6 Å². The predicted molar refractivity (Wildman–Crippen MR) is 68.2 cm³/mol. The molecule has 1 aromatic rings. The molecule has 0 amide bonds. The number of hydrogen-bond acceptors (Lipinski definition) is 2. The smallest absolute Gasteiger partial charge is 0.194 e. The fraction of sp³-hybridized carbons (Fsp3) is 0.538. The fourth-order valence-electron chi connectivity index (χ4n) is 2.58. The van der Waals surface area contributed by atoms with E-state index in [9.17, 15) is 13.2 Å². The van der Waals surface area contributed by atoms with Crippen molar-refractivity contribution in [2.24, 2.45) is 0 Å². The summed E-state index contributed by atoms with van der Waals surface area (Å²) in [4.78, 5) is 0. The van der Waals surface area contributed by atoms with Gasteiger partial charge in [-0.05, 0) is 38.6 Å². The zero-order chi connectivity index (χ0) is 13.3. The molecule has 1 heterocycles. The highest BCUT2D eigenvalue weighted by Crippen LogP contribution is 2.47. The van der Waals surface area contributed by atoms with Crippen LogP contribution in [0.2, 0.25) is 0 Å². The van der Waals surface area contributed by atoms with Crippen LogP contribution in [0.3, 0.4) is 0 Å². The van der Waals surface area contributed by atoms with Crippen LogP contribution in [0.4, 0.5) is 13.2 Å². The summed E-state index contributed by atoms with van der Waals surface area (Å²) in [5, 5.41) is 3.04. The van der Waals surface area contributed by atoms with Crippen LogP contribution in [0.1, 0.15) is 31.4 Å². The monoisotopic (exact) mass is 275 g/mol. The van der Waals surface area contributed by atoms with Gasteiger partial charge in [0.15, 0.2) is 17.5 Å². The topological polar surface area (TPSA) is 12.0 Å². The van der Waals surface area contributed by atoms with Crippen LogP contribution in [-0.4, -0.2) is 17.5 Å². The summed E-state index contributed by atoms with van der Waals surface area (Å²) in [6.07, 6.45) is 1.99. The van der Waals surface area contributed by atoms with Gasteiger partial charge >= 0.3 is 0 Å². The van der Waals surface area contributed by atoms with E-state index in [0.717, 1.165) is 24.7 Å². The van der Waals surface area contributed by atoms with Crippen LogP contribution in [0, 0.1) is 17.5 Å². The molecule has 1 N–H and O–H groups in total. The van der Waals surface area contributed by atoms with E-state index >= 15 is 0 Å². The molecule has 100 valence electrons. The largest absolute Gasteiger partial charge is 0.312 e. The Bertz CT molecular complexity index is 444. The molecule has 0 radical (unpaired) electrons. The van der Waals surface area contributed by atoms with Crippen LogP contribution in [0.25, 0.3) is 0 Å². The van der Waals surface area contributed by atoms with E-state index in [1.165, 1.54) is 6.07 Å². The fourth-order valence-corrected chi connectivity index (χ4v) is 4.04. The van der Waals surface area contributed by atoms with E-state index in [2.05, 4.69) is 5.32 Å². The highest BCUT2D eigenvalue weighted by Gasteiger charge is 2.39. The van der Waals surface area contributed by atoms with E-state index in [-0.39, 0.29) is 16.4 Å². The molecule has 2 unspecified atom stereocenters. The second-order valence-electron chi connectivity index (χ2n) is 4.75. The molecule has 0 saturated carbocycles. The maximum absolute atomic E-state index is 13.9. The molecule has 1 saturated heterocycles. The summed E-state index contributed by atoms with van der Waals surface area (Å²) >= 11 is 1.75. The van der Waals surface area contributed by atoms with Gasteiger partial charge in [0.2, 0.25) is 0 Å². The van der Waals surface area contributed by atoms with Crippen molar-refractivity contribution < 1.29 is 13.2 Å². The first-order valence-corrected chi connectivity index (χ1v) is 6.93. The molecule has 1 aliphatic heterocycles. The molecule has 1 aromatic carbocycles. The third-order valence-electron chi connectivity index (χ3n) is 3.52. The first kappa shape index (κ1) is 13.7. The van der Waals surface area contributed by atoms with Gasteiger partial charge in [-0.1, -0.05) is 6.07 Å². The van der Waals surface area contributed by atoms with Gasteiger partial charge in [-0.3, -0.25) is 0 Å². The van der Waals surface area contributed by atoms with Crippen molar-refractivity contribution in [1.29, 1.82) is 0 Å². The second kappa shape index (κ2) is 5.13. The maximum Gasteiger partial charge on any atom is 0.194 e. The average molecular weight is 275 g/mol. The molecular weight excluding hydrogens is 259 g/mol. The van der Waals surface area contributed by atoms with E-state index in [1.54, 1.807) is 18.8 Å². The Kier molecular flexibility index (Phi) is 3.92. The van der Waals surface area contributed by atoms with Crippen LogP contribution in [0.15, 0.2) is 12.1 Å². The maximum atomic E-state index is 13.9. The Hall–Kier alpha value is -0.680. The van der Waals surface area contributed by atoms with Gasteiger partial charge in [-0.2, -0.15) is 11.8 Å². The molecule has 0 aliphatic carbocycles. The van der Waals surface area contributed by atoms with Crippen molar-refractivity contribution in [3.05, 3.63) is 35.1 Å². The zero-order valence-electron chi connectivity index (χ0n) is 10.4. The van der Waals surface area contributed by atoms with Gasteiger partial charge in [0.05, 0.1) is 0 Å². The quantitative estimate of drug-likeness (QED) is 0.845. The Morgan fingerprint density at radius 3 is 2.56 bits per heavy atom. The lowest BCUT2D eigenvalue weighted by Gasteiger charge is -2.33. The van der Waals surface area contributed by atoms with E-state index in [1.807, 2.05) is 6.92 Å². The molecule has 2 rings (SSSR count). The number of nitrogens with one attached hydrogen (secondary N) is 1. The molecule has 0 spiro atoms. The van der Waals surface area contributed by atoms with Crippen LogP contribution in [-0.2, 0) is 0 Å². The van der Waals surface area contributed by atoms with Crippen molar-refractivity contribution in [2.75, 3.05) is 12.8 Å². The van der Waals surface area contributed by atoms with Gasteiger partial charge in [-0.15, -0.1) is 0 Å². The Labute approximate surface area is 109 Å².